The van der Waals surface area contributed by atoms with Gasteiger partial charge in [0.05, 0.1) is 23.9 Å². The summed E-state index contributed by atoms with van der Waals surface area (Å²) < 4.78 is 5.08. The van der Waals surface area contributed by atoms with Crippen LogP contribution >= 0.6 is 0 Å². The van der Waals surface area contributed by atoms with Crippen molar-refractivity contribution in [3.8, 4) is 17.0 Å². The first kappa shape index (κ1) is 15.5. The van der Waals surface area contributed by atoms with Crippen LogP contribution in [0.4, 0.5) is 0 Å². The predicted molar refractivity (Wildman–Crippen MR) is 87.6 cm³/mol. The quantitative estimate of drug-likeness (QED) is 0.764. The number of carboxylic acids is 2. The molecule has 0 spiro atoms. The molecule has 0 aliphatic heterocycles. The van der Waals surface area contributed by atoms with E-state index in [-0.39, 0.29) is 16.8 Å². The van der Waals surface area contributed by atoms with Gasteiger partial charge in [0.25, 0.3) is 0 Å². The Labute approximate surface area is 137 Å². The molecule has 0 saturated carbocycles. The lowest BCUT2D eigenvalue weighted by atomic mass is 9.96. The Morgan fingerprint density at radius 2 is 1.54 bits per heavy atom. The van der Waals surface area contributed by atoms with Gasteiger partial charge in [-0.15, -0.1) is 0 Å². The number of aromatic carboxylic acids is 2. The number of pyridine rings is 1. The molecule has 2 N–H and O–H groups in total. The number of benzene rings is 2. The number of aromatic nitrogens is 1. The van der Waals surface area contributed by atoms with Gasteiger partial charge >= 0.3 is 11.9 Å². The summed E-state index contributed by atoms with van der Waals surface area (Å²) in [5.74, 6) is -2.04. The van der Waals surface area contributed by atoms with Gasteiger partial charge in [0.2, 0.25) is 0 Å². The van der Waals surface area contributed by atoms with Gasteiger partial charge in [-0.3, -0.25) is 0 Å². The molecule has 0 aliphatic rings. The molecule has 1 heterocycles. The number of methoxy groups -OCH3 is 1. The maximum absolute atomic E-state index is 11.8. The lowest BCUT2D eigenvalue weighted by Crippen LogP contribution is -2.12. The number of hydrogen-bond donors (Lipinski definition) is 2. The summed E-state index contributed by atoms with van der Waals surface area (Å²) in [6.45, 7) is 0. The molecule has 2 aromatic carbocycles. The topological polar surface area (TPSA) is 96.7 Å². The van der Waals surface area contributed by atoms with E-state index in [0.717, 1.165) is 0 Å². The van der Waals surface area contributed by atoms with E-state index in [1.807, 2.05) is 0 Å². The third kappa shape index (κ3) is 2.54. The fraction of sp³-hybridized carbons (Fsp3) is 0.0556. The molecule has 0 amide bonds. The van der Waals surface area contributed by atoms with Crippen molar-refractivity contribution < 1.29 is 24.5 Å². The summed E-state index contributed by atoms with van der Waals surface area (Å²) in [4.78, 5) is 27.9. The number of fused-ring (bicyclic) bond motifs is 1. The first-order valence-corrected chi connectivity index (χ1v) is 7.06. The van der Waals surface area contributed by atoms with E-state index in [1.54, 1.807) is 48.5 Å². The van der Waals surface area contributed by atoms with Crippen LogP contribution in [-0.2, 0) is 0 Å². The Bertz CT molecular complexity index is 948. The summed E-state index contributed by atoms with van der Waals surface area (Å²) in [5, 5.41) is 19.4. The van der Waals surface area contributed by atoms with Gasteiger partial charge < -0.3 is 14.9 Å². The SMILES string of the molecule is COc1ccc(-c2nc3ccccc3c(C(=O)O)c2C(=O)O)cc1. The van der Waals surface area contributed by atoms with Crippen LogP contribution in [-0.4, -0.2) is 34.2 Å². The Kier molecular flexibility index (Phi) is 3.87. The van der Waals surface area contributed by atoms with Crippen LogP contribution in [0.1, 0.15) is 20.7 Å². The van der Waals surface area contributed by atoms with E-state index in [9.17, 15) is 19.8 Å². The average molecular weight is 323 g/mol. The first-order valence-electron chi connectivity index (χ1n) is 7.06. The molecule has 3 aromatic rings. The van der Waals surface area contributed by atoms with E-state index >= 15 is 0 Å². The summed E-state index contributed by atoms with van der Waals surface area (Å²) in [6, 6.07) is 13.2. The second-order valence-electron chi connectivity index (χ2n) is 5.07. The van der Waals surface area contributed by atoms with Crippen molar-refractivity contribution in [3.05, 3.63) is 59.7 Å². The van der Waals surface area contributed by atoms with Gasteiger partial charge in [-0.2, -0.15) is 0 Å². The highest BCUT2D eigenvalue weighted by molar-refractivity contribution is 6.14. The second-order valence-corrected chi connectivity index (χ2v) is 5.07. The average Bonchev–Trinajstić information content (AvgIpc) is 2.59. The van der Waals surface area contributed by atoms with E-state index in [4.69, 9.17) is 4.74 Å². The van der Waals surface area contributed by atoms with E-state index in [1.165, 1.54) is 7.11 Å². The van der Waals surface area contributed by atoms with Crippen molar-refractivity contribution in [2.75, 3.05) is 7.11 Å². The molecule has 0 aliphatic carbocycles. The highest BCUT2D eigenvalue weighted by atomic mass is 16.5. The molecule has 0 unspecified atom stereocenters. The number of para-hydroxylation sites is 1. The molecule has 0 radical (unpaired) electrons. The zero-order chi connectivity index (χ0) is 17.3. The molecule has 0 atom stereocenters. The molecule has 6 heteroatoms. The zero-order valence-corrected chi connectivity index (χ0v) is 12.7. The lowest BCUT2D eigenvalue weighted by Gasteiger charge is -2.12. The van der Waals surface area contributed by atoms with Gasteiger partial charge in [0.1, 0.15) is 11.3 Å². The molecule has 24 heavy (non-hydrogen) atoms. The van der Waals surface area contributed by atoms with Crippen LogP contribution in [0.5, 0.6) is 5.75 Å². The van der Waals surface area contributed by atoms with E-state index < -0.39 is 11.9 Å². The summed E-state index contributed by atoms with van der Waals surface area (Å²) in [7, 11) is 1.52. The number of carbonyl (C=O) groups is 2. The molecule has 1 aromatic heterocycles. The standard InChI is InChI=1S/C18H13NO5/c1-24-11-8-6-10(7-9-11)16-15(18(22)23)14(17(20)21)12-4-2-3-5-13(12)19-16/h2-9H,1H3,(H,20,21)(H,22,23). The molecular weight excluding hydrogens is 310 g/mol. The maximum atomic E-state index is 11.8. The summed E-state index contributed by atoms with van der Waals surface area (Å²) in [6.07, 6.45) is 0. The van der Waals surface area contributed by atoms with Crippen LogP contribution in [0, 0.1) is 0 Å². The number of nitrogens with zero attached hydrogens (tertiary/aromatic N) is 1. The number of rotatable bonds is 4. The monoisotopic (exact) mass is 323 g/mol. The third-order valence-electron chi connectivity index (χ3n) is 3.68. The molecule has 0 saturated heterocycles. The van der Waals surface area contributed by atoms with Gasteiger partial charge in [-0.25, -0.2) is 14.6 Å². The van der Waals surface area contributed by atoms with Crippen molar-refractivity contribution in [3.63, 3.8) is 0 Å². The third-order valence-corrected chi connectivity index (χ3v) is 3.68. The second kappa shape index (κ2) is 6.00. The first-order chi connectivity index (χ1) is 11.5. The molecule has 6 nitrogen and oxygen atoms in total. The Hall–Kier alpha value is -3.41. The van der Waals surface area contributed by atoms with Crippen molar-refractivity contribution in [1.82, 2.24) is 4.98 Å². The summed E-state index contributed by atoms with van der Waals surface area (Å²) in [5.41, 5.74) is 0.443. The van der Waals surface area contributed by atoms with Crippen molar-refractivity contribution in [1.29, 1.82) is 0 Å². The van der Waals surface area contributed by atoms with Crippen LogP contribution in [0.2, 0.25) is 0 Å². The van der Waals surface area contributed by atoms with Crippen LogP contribution in [0.25, 0.3) is 22.2 Å². The molecule has 3 rings (SSSR count). The number of carboxylic acid groups (broad SMARTS) is 2. The van der Waals surface area contributed by atoms with Gasteiger partial charge in [0.15, 0.2) is 0 Å². The van der Waals surface area contributed by atoms with Crippen LogP contribution < -0.4 is 4.74 Å². The van der Waals surface area contributed by atoms with Crippen LogP contribution in [0.3, 0.4) is 0 Å². The highest BCUT2D eigenvalue weighted by Gasteiger charge is 2.25. The molecule has 0 fully saturated rings. The minimum absolute atomic E-state index is 0.112. The van der Waals surface area contributed by atoms with Crippen molar-refractivity contribution in [2.45, 2.75) is 0 Å². The number of ether oxygens (including phenoxy) is 1. The smallest absolute Gasteiger partial charge is 0.338 e. The zero-order valence-electron chi connectivity index (χ0n) is 12.7. The van der Waals surface area contributed by atoms with Crippen molar-refractivity contribution in [2.24, 2.45) is 0 Å². The summed E-state index contributed by atoms with van der Waals surface area (Å²) >= 11 is 0. The van der Waals surface area contributed by atoms with Gasteiger partial charge in [0, 0.05) is 10.9 Å². The Balaban J connectivity index is 2.39. The minimum Gasteiger partial charge on any atom is -0.497 e. The van der Waals surface area contributed by atoms with Crippen LogP contribution in [0.15, 0.2) is 48.5 Å². The maximum Gasteiger partial charge on any atom is 0.338 e. The fourth-order valence-electron chi connectivity index (χ4n) is 2.60. The fourth-order valence-corrected chi connectivity index (χ4v) is 2.60. The lowest BCUT2D eigenvalue weighted by molar-refractivity contribution is 0.0653. The molecular formula is C18H13NO5. The number of hydrogen-bond acceptors (Lipinski definition) is 4. The molecule has 0 bridgehead atoms. The van der Waals surface area contributed by atoms with Crippen molar-refractivity contribution >= 4 is 22.8 Å². The van der Waals surface area contributed by atoms with Gasteiger partial charge in [-0.1, -0.05) is 18.2 Å². The van der Waals surface area contributed by atoms with Gasteiger partial charge in [-0.05, 0) is 30.3 Å². The molecule has 120 valence electrons. The van der Waals surface area contributed by atoms with E-state index in [2.05, 4.69) is 4.98 Å². The minimum atomic E-state index is -1.34. The Morgan fingerprint density at radius 1 is 0.917 bits per heavy atom. The predicted octanol–water partition coefficient (Wildman–Crippen LogP) is 3.31. The largest absolute Gasteiger partial charge is 0.497 e. The normalized spacial score (nSPS) is 10.5. The van der Waals surface area contributed by atoms with E-state index in [0.29, 0.717) is 22.2 Å². The highest BCUT2D eigenvalue weighted by Crippen LogP contribution is 2.31. The Morgan fingerprint density at radius 3 is 2.12 bits per heavy atom.